The molecule has 2 aromatic rings. The van der Waals surface area contributed by atoms with Crippen LogP contribution in [0.4, 0.5) is 16.2 Å². The molecule has 0 bridgehead atoms. The number of anilines is 2. The maximum atomic E-state index is 12.9. The Balaban J connectivity index is 1.42. The van der Waals surface area contributed by atoms with Gasteiger partial charge in [-0.25, -0.2) is 4.79 Å². The number of thioether (sulfide) groups is 1. The number of hydrogen-bond donors (Lipinski definition) is 3. The van der Waals surface area contributed by atoms with Crippen molar-refractivity contribution in [3.63, 3.8) is 0 Å². The second-order valence-electron chi connectivity index (χ2n) is 7.63. The number of imide groups is 1. The molecule has 0 spiro atoms. The van der Waals surface area contributed by atoms with Crippen LogP contribution in [0.3, 0.4) is 0 Å². The highest BCUT2D eigenvalue weighted by Gasteiger charge is 2.41. The molecule has 0 saturated carbocycles. The number of morpholine rings is 1. The Hall–Kier alpha value is -3.04. The molecule has 4 rings (SSSR count). The molecule has 31 heavy (non-hydrogen) atoms. The van der Waals surface area contributed by atoms with E-state index >= 15 is 0 Å². The van der Waals surface area contributed by atoms with Gasteiger partial charge in [-0.3, -0.25) is 14.9 Å². The van der Waals surface area contributed by atoms with Gasteiger partial charge in [-0.05, 0) is 43.3 Å². The minimum absolute atomic E-state index is 0.229. The standard InChI is InChI=1S/C22H24N4O4S/c1-22(20(28)24-21(29)25-22)14-31-18-5-3-2-4-17(18)19(27)23-15-6-8-16(9-7-15)26-10-12-30-13-11-26/h2-9H,10-14H2,1H3,(H,23,27)(H2,24,25,28,29). The van der Waals surface area contributed by atoms with Gasteiger partial charge in [0.15, 0.2) is 0 Å². The number of nitrogens with one attached hydrogen (secondary N) is 3. The zero-order valence-corrected chi connectivity index (χ0v) is 18.0. The SMILES string of the molecule is CC1(CSc2ccccc2C(=O)Nc2ccc(N3CCOCC3)cc2)NC(=O)NC1=O. The van der Waals surface area contributed by atoms with Gasteiger partial charge in [-0.15, -0.1) is 11.8 Å². The molecule has 0 aromatic heterocycles. The number of amides is 4. The van der Waals surface area contributed by atoms with E-state index in [2.05, 4.69) is 20.9 Å². The van der Waals surface area contributed by atoms with Crippen LogP contribution in [-0.2, 0) is 9.53 Å². The predicted octanol–water partition coefficient (Wildman–Crippen LogP) is 2.47. The molecule has 2 heterocycles. The van der Waals surface area contributed by atoms with Gasteiger partial charge in [0.25, 0.3) is 11.8 Å². The molecular weight excluding hydrogens is 416 g/mol. The fourth-order valence-corrected chi connectivity index (χ4v) is 4.60. The summed E-state index contributed by atoms with van der Waals surface area (Å²) in [5, 5.41) is 7.83. The number of carbonyl (C=O) groups is 3. The molecule has 0 aliphatic carbocycles. The molecule has 162 valence electrons. The quantitative estimate of drug-likeness (QED) is 0.471. The van der Waals surface area contributed by atoms with E-state index in [-0.39, 0.29) is 11.8 Å². The van der Waals surface area contributed by atoms with E-state index in [1.807, 2.05) is 36.4 Å². The summed E-state index contributed by atoms with van der Waals surface area (Å²) in [5.41, 5.74) is 1.30. The monoisotopic (exact) mass is 440 g/mol. The van der Waals surface area contributed by atoms with Crippen molar-refractivity contribution >= 4 is 41.0 Å². The summed E-state index contributed by atoms with van der Waals surface area (Å²) in [7, 11) is 0. The number of hydrogen-bond acceptors (Lipinski definition) is 6. The van der Waals surface area contributed by atoms with Crippen molar-refractivity contribution in [3.8, 4) is 0 Å². The molecule has 3 N–H and O–H groups in total. The van der Waals surface area contributed by atoms with Gasteiger partial charge in [0.1, 0.15) is 5.54 Å². The highest BCUT2D eigenvalue weighted by Crippen LogP contribution is 2.28. The van der Waals surface area contributed by atoms with E-state index in [0.717, 1.165) is 36.9 Å². The topological polar surface area (TPSA) is 99.8 Å². The number of benzene rings is 2. The number of rotatable bonds is 6. The van der Waals surface area contributed by atoms with Crippen molar-refractivity contribution in [3.05, 3.63) is 54.1 Å². The minimum atomic E-state index is -1.01. The van der Waals surface area contributed by atoms with Crippen LogP contribution in [0.1, 0.15) is 17.3 Å². The van der Waals surface area contributed by atoms with Crippen LogP contribution in [0.25, 0.3) is 0 Å². The summed E-state index contributed by atoms with van der Waals surface area (Å²) in [5.74, 6) is -0.289. The van der Waals surface area contributed by atoms with Crippen molar-refractivity contribution in [2.75, 3.05) is 42.3 Å². The normalized spacial score (nSPS) is 20.9. The third kappa shape index (κ3) is 4.83. The van der Waals surface area contributed by atoms with E-state index in [0.29, 0.717) is 17.0 Å². The summed E-state index contributed by atoms with van der Waals surface area (Å²) >= 11 is 1.35. The summed E-state index contributed by atoms with van der Waals surface area (Å²) in [4.78, 5) is 39.4. The Morgan fingerprint density at radius 1 is 1.13 bits per heavy atom. The van der Waals surface area contributed by atoms with E-state index in [1.165, 1.54) is 11.8 Å². The molecule has 0 radical (unpaired) electrons. The molecule has 2 aliphatic heterocycles. The second kappa shape index (κ2) is 8.99. The number of nitrogens with zero attached hydrogens (tertiary/aromatic N) is 1. The van der Waals surface area contributed by atoms with Crippen molar-refractivity contribution < 1.29 is 19.1 Å². The van der Waals surface area contributed by atoms with Crippen molar-refractivity contribution in [2.24, 2.45) is 0 Å². The van der Waals surface area contributed by atoms with Crippen molar-refractivity contribution in [1.29, 1.82) is 0 Å². The first-order chi connectivity index (χ1) is 14.9. The first-order valence-corrected chi connectivity index (χ1v) is 11.0. The van der Waals surface area contributed by atoms with Gasteiger partial charge >= 0.3 is 6.03 Å². The van der Waals surface area contributed by atoms with Gasteiger partial charge in [0.05, 0.1) is 18.8 Å². The van der Waals surface area contributed by atoms with Crippen LogP contribution in [0.15, 0.2) is 53.4 Å². The minimum Gasteiger partial charge on any atom is -0.378 e. The maximum absolute atomic E-state index is 12.9. The molecule has 1 atom stereocenters. The Morgan fingerprint density at radius 2 is 1.84 bits per heavy atom. The van der Waals surface area contributed by atoms with Crippen molar-refractivity contribution in [2.45, 2.75) is 17.4 Å². The smallest absolute Gasteiger partial charge is 0.322 e. The zero-order valence-electron chi connectivity index (χ0n) is 17.1. The molecule has 1 unspecified atom stereocenters. The summed E-state index contributed by atoms with van der Waals surface area (Å²) in [6.07, 6.45) is 0. The molecule has 2 aliphatic rings. The first-order valence-electron chi connectivity index (χ1n) is 10.0. The molecule has 2 aromatic carbocycles. The van der Waals surface area contributed by atoms with E-state index in [9.17, 15) is 14.4 Å². The van der Waals surface area contributed by atoms with Crippen molar-refractivity contribution in [1.82, 2.24) is 10.6 Å². The average molecular weight is 441 g/mol. The molecule has 8 nitrogen and oxygen atoms in total. The lowest BCUT2D eigenvalue weighted by Gasteiger charge is -2.28. The third-order valence-corrected chi connectivity index (χ3v) is 6.66. The third-order valence-electron chi connectivity index (χ3n) is 5.27. The Kier molecular flexibility index (Phi) is 6.15. The summed E-state index contributed by atoms with van der Waals surface area (Å²) in [6.45, 7) is 4.81. The second-order valence-corrected chi connectivity index (χ2v) is 8.64. The van der Waals surface area contributed by atoms with Crippen LogP contribution in [0.2, 0.25) is 0 Å². The lowest BCUT2D eigenvalue weighted by molar-refractivity contribution is -0.122. The predicted molar refractivity (Wildman–Crippen MR) is 120 cm³/mol. The fraction of sp³-hybridized carbons (Fsp3) is 0.318. The molecule has 9 heteroatoms. The lowest BCUT2D eigenvalue weighted by Crippen LogP contribution is -2.46. The van der Waals surface area contributed by atoms with E-state index in [4.69, 9.17) is 4.74 Å². The first kappa shape index (κ1) is 21.2. The zero-order chi connectivity index (χ0) is 21.8. The summed E-state index contributed by atoms with van der Waals surface area (Å²) in [6, 6.07) is 14.5. The fourth-order valence-electron chi connectivity index (χ4n) is 3.46. The Morgan fingerprint density at radius 3 is 2.52 bits per heavy atom. The maximum Gasteiger partial charge on any atom is 0.322 e. The van der Waals surface area contributed by atoms with Crippen LogP contribution in [0, 0.1) is 0 Å². The van der Waals surface area contributed by atoms with Crippen LogP contribution < -0.4 is 20.9 Å². The van der Waals surface area contributed by atoms with Gasteiger partial charge < -0.3 is 20.3 Å². The van der Waals surface area contributed by atoms with Crippen LogP contribution in [0.5, 0.6) is 0 Å². The van der Waals surface area contributed by atoms with Gasteiger partial charge in [0, 0.05) is 35.1 Å². The number of ether oxygens (including phenoxy) is 1. The molecule has 2 fully saturated rings. The van der Waals surface area contributed by atoms with Gasteiger partial charge in [-0.2, -0.15) is 0 Å². The molecule has 4 amide bonds. The highest BCUT2D eigenvalue weighted by molar-refractivity contribution is 7.99. The van der Waals surface area contributed by atoms with Crippen LogP contribution >= 0.6 is 11.8 Å². The average Bonchev–Trinajstić information content (AvgIpc) is 3.05. The van der Waals surface area contributed by atoms with Gasteiger partial charge in [0.2, 0.25) is 0 Å². The van der Waals surface area contributed by atoms with E-state index in [1.54, 1.807) is 19.1 Å². The molecule has 2 saturated heterocycles. The summed E-state index contributed by atoms with van der Waals surface area (Å²) < 4.78 is 5.38. The van der Waals surface area contributed by atoms with Gasteiger partial charge in [-0.1, -0.05) is 12.1 Å². The Bertz CT molecular complexity index is 991. The largest absolute Gasteiger partial charge is 0.378 e. The number of urea groups is 1. The van der Waals surface area contributed by atoms with E-state index < -0.39 is 11.6 Å². The molecular formula is C22H24N4O4S. The highest BCUT2D eigenvalue weighted by atomic mass is 32.2. The lowest BCUT2D eigenvalue weighted by atomic mass is 10.1. The Labute approximate surface area is 184 Å². The number of carbonyl (C=O) groups excluding carboxylic acids is 3. The van der Waals surface area contributed by atoms with Crippen LogP contribution in [-0.4, -0.2) is 55.4 Å².